The first-order valence-corrected chi connectivity index (χ1v) is 28.8. The summed E-state index contributed by atoms with van der Waals surface area (Å²) in [6, 6.07) is 30.5. The lowest BCUT2D eigenvalue weighted by Gasteiger charge is -2.48. The first-order chi connectivity index (χ1) is 33.8. The SMILES string of the molecule is CC(C)(C)S(=O)(=O)C[C@H](C1CC1)N1C(=O)[C@@H](CC#N)O[C@H](c2cccc(Cl)c2)[C@H]1c1ccc(Cl)cc1.CC(C)(C)S(=O)(=O)C[C@H](C1CC1)N1C(=O)[C@H](CC#N)O[C@H](c2cccc(Cl)c2)[C@H]1c1ccc(Cl)cc1. The molecule has 2 saturated carbocycles. The van der Waals surface area contributed by atoms with Crippen LogP contribution in [0.3, 0.4) is 0 Å². The standard InChI is InChI=1S/2C27H30Cl2N2O4S/c2*1-27(2,3)36(33,34)16-22(17-7-8-17)31-24(18-9-11-20(28)12-10-18)25(19-5-4-6-21(29)15-19)35-23(13-14-30)26(31)32/h2*4-6,9-12,15,17,22-25H,7-8,13,16H2,1-3H3/t22-,23+,24-,25-;22-,23-,24-,25-/m11/s1. The van der Waals surface area contributed by atoms with Crippen molar-refractivity contribution in [2.75, 3.05) is 11.5 Å². The lowest BCUT2D eigenvalue weighted by Crippen LogP contribution is -2.57. The van der Waals surface area contributed by atoms with Gasteiger partial charge in [0.05, 0.1) is 58.1 Å². The maximum Gasteiger partial charge on any atom is 0.253 e. The number of carbonyl (C=O) groups is 2. The van der Waals surface area contributed by atoms with E-state index in [2.05, 4.69) is 12.1 Å². The molecule has 12 nitrogen and oxygen atoms in total. The summed E-state index contributed by atoms with van der Waals surface area (Å²) in [6.45, 7) is 10.1. The zero-order chi connectivity index (χ0) is 52.5. The molecule has 2 aliphatic heterocycles. The van der Waals surface area contributed by atoms with Crippen molar-refractivity contribution in [2.45, 2.75) is 138 Å². The zero-order valence-corrected chi connectivity index (χ0v) is 45.7. The largest absolute Gasteiger partial charge is 0.357 e. The highest BCUT2D eigenvalue weighted by Crippen LogP contribution is 2.50. The van der Waals surface area contributed by atoms with Gasteiger partial charge in [-0.3, -0.25) is 9.59 Å². The summed E-state index contributed by atoms with van der Waals surface area (Å²) in [4.78, 5) is 31.2. The fourth-order valence-corrected chi connectivity index (χ4v) is 12.8. The molecule has 0 bridgehead atoms. The van der Waals surface area contributed by atoms with Crippen LogP contribution in [0.4, 0.5) is 0 Å². The Balaban J connectivity index is 0.000000211. The summed E-state index contributed by atoms with van der Waals surface area (Å²) in [5.74, 6) is -0.924. The quantitative estimate of drug-likeness (QED) is 0.118. The van der Waals surface area contributed by atoms with Crippen LogP contribution in [0.1, 0.15) is 127 Å². The molecule has 4 aliphatic rings. The van der Waals surface area contributed by atoms with E-state index in [4.69, 9.17) is 55.9 Å². The molecular weight excluding hydrogens is 1040 g/mol. The van der Waals surface area contributed by atoms with Gasteiger partial charge in [0.1, 0.15) is 24.4 Å². The van der Waals surface area contributed by atoms with Crippen molar-refractivity contribution in [1.82, 2.24) is 9.80 Å². The molecule has 18 heteroatoms. The van der Waals surface area contributed by atoms with Crippen LogP contribution in [0.15, 0.2) is 97.1 Å². The molecule has 2 aliphatic carbocycles. The van der Waals surface area contributed by atoms with Gasteiger partial charge in [0.15, 0.2) is 19.7 Å². The average Bonchev–Trinajstić information content (AvgIpc) is 4.25. The maximum absolute atomic E-state index is 13.9. The van der Waals surface area contributed by atoms with Gasteiger partial charge in [-0.2, -0.15) is 10.5 Å². The van der Waals surface area contributed by atoms with Crippen molar-refractivity contribution in [3.8, 4) is 12.1 Å². The first kappa shape index (κ1) is 55.5. The predicted octanol–water partition coefficient (Wildman–Crippen LogP) is 11.8. The summed E-state index contributed by atoms with van der Waals surface area (Å²) < 4.78 is 64.2. The number of carbonyl (C=O) groups excluding carboxylic acids is 2. The minimum atomic E-state index is -3.55. The number of halogens is 4. The van der Waals surface area contributed by atoms with Crippen molar-refractivity contribution in [1.29, 1.82) is 10.5 Å². The number of amides is 2. The Hall–Kier alpha value is -4.22. The van der Waals surface area contributed by atoms with Crippen LogP contribution in [-0.2, 0) is 38.7 Å². The summed E-state index contributed by atoms with van der Waals surface area (Å²) in [7, 11) is -7.10. The zero-order valence-electron chi connectivity index (χ0n) is 41.1. The topological polar surface area (TPSA) is 175 Å². The second-order valence-electron chi connectivity index (χ2n) is 21.0. The Morgan fingerprint density at radius 3 is 1.15 bits per heavy atom. The number of hydrogen-bond donors (Lipinski definition) is 0. The molecule has 0 unspecified atom stereocenters. The number of rotatable bonds is 14. The highest BCUT2D eigenvalue weighted by atomic mass is 35.5. The van der Waals surface area contributed by atoms with Crippen molar-refractivity contribution in [3.05, 3.63) is 139 Å². The summed E-state index contributed by atoms with van der Waals surface area (Å²) >= 11 is 25.0. The lowest BCUT2D eigenvalue weighted by atomic mass is 9.89. The maximum atomic E-state index is 13.9. The van der Waals surface area contributed by atoms with E-state index in [-0.39, 0.29) is 48.0 Å². The van der Waals surface area contributed by atoms with Gasteiger partial charge in [-0.25, -0.2) is 16.8 Å². The van der Waals surface area contributed by atoms with Crippen LogP contribution in [0.5, 0.6) is 0 Å². The van der Waals surface area contributed by atoms with Crippen LogP contribution >= 0.6 is 46.4 Å². The number of ether oxygens (including phenoxy) is 2. The Morgan fingerprint density at radius 1 is 0.542 bits per heavy atom. The second kappa shape index (κ2) is 22.3. The summed E-state index contributed by atoms with van der Waals surface area (Å²) in [5, 5.41) is 21.0. The van der Waals surface area contributed by atoms with E-state index < -0.39 is 77.8 Å². The van der Waals surface area contributed by atoms with Crippen molar-refractivity contribution >= 4 is 77.9 Å². The number of sulfone groups is 2. The Bertz CT molecular complexity index is 2730. The first-order valence-electron chi connectivity index (χ1n) is 24.0. The third-order valence-corrected chi connectivity index (χ3v) is 20.1. The van der Waals surface area contributed by atoms with Gasteiger partial charge >= 0.3 is 0 Å². The van der Waals surface area contributed by atoms with Gasteiger partial charge in [0, 0.05) is 32.2 Å². The molecule has 2 heterocycles. The van der Waals surface area contributed by atoms with Gasteiger partial charge in [-0.15, -0.1) is 0 Å². The van der Waals surface area contributed by atoms with E-state index >= 15 is 0 Å². The number of nitrogens with zero attached hydrogens (tertiary/aromatic N) is 4. The molecule has 0 radical (unpaired) electrons. The predicted molar refractivity (Wildman–Crippen MR) is 281 cm³/mol. The minimum Gasteiger partial charge on any atom is -0.357 e. The van der Waals surface area contributed by atoms with Crippen molar-refractivity contribution in [3.63, 3.8) is 0 Å². The van der Waals surface area contributed by atoms with Gasteiger partial charge in [0.25, 0.3) is 11.8 Å². The normalized spacial score (nSPS) is 23.8. The molecule has 4 fully saturated rings. The highest BCUT2D eigenvalue weighted by molar-refractivity contribution is 7.93. The van der Waals surface area contributed by atoms with Crippen molar-refractivity contribution in [2.24, 2.45) is 11.8 Å². The molecule has 0 aromatic heterocycles. The second-order valence-corrected chi connectivity index (χ2v) is 28.3. The molecule has 4 aromatic carbocycles. The molecular formula is C54H60Cl4N4O8S2. The van der Waals surface area contributed by atoms with Crippen LogP contribution in [0.2, 0.25) is 20.1 Å². The number of morpholine rings is 2. The Morgan fingerprint density at radius 2 is 0.875 bits per heavy atom. The molecule has 2 amide bonds. The van der Waals surface area contributed by atoms with E-state index in [1.807, 2.05) is 48.5 Å². The Labute approximate surface area is 444 Å². The van der Waals surface area contributed by atoms with Gasteiger partial charge in [-0.05, 0) is 150 Å². The lowest BCUT2D eigenvalue weighted by molar-refractivity contribution is -0.179. The number of hydrogen-bond acceptors (Lipinski definition) is 10. The van der Waals surface area contributed by atoms with Gasteiger partial charge < -0.3 is 19.3 Å². The van der Waals surface area contributed by atoms with Crippen LogP contribution in [-0.4, -0.2) is 83.7 Å². The molecule has 384 valence electrons. The molecule has 0 N–H and O–H groups in total. The minimum absolute atomic E-state index is 0.0572. The smallest absolute Gasteiger partial charge is 0.253 e. The van der Waals surface area contributed by atoms with Crippen LogP contribution in [0, 0.1) is 34.5 Å². The molecule has 72 heavy (non-hydrogen) atoms. The monoisotopic (exact) mass is 1100 g/mol. The third-order valence-electron chi connectivity index (χ3n) is 13.9. The van der Waals surface area contributed by atoms with Crippen LogP contribution in [0.25, 0.3) is 0 Å². The van der Waals surface area contributed by atoms with Crippen LogP contribution < -0.4 is 0 Å². The molecule has 2 saturated heterocycles. The molecule has 4 aromatic rings. The van der Waals surface area contributed by atoms with Gasteiger partial charge in [-0.1, -0.05) is 94.9 Å². The van der Waals surface area contributed by atoms with E-state index in [0.29, 0.717) is 20.1 Å². The third kappa shape index (κ3) is 12.6. The van der Waals surface area contributed by atoms with E-state index in [0.717, 1.165) is 47.9 Å². The number of nitriles is 2. The van der Waals surface area contributed by atoms with E-state index in [9.17, 15) is 36.9 Å². The fourth-order valence-electron chi connectivity index (χ4n) is 9.37. The molecule has 0 spiro atoms. The summed E-state index contributed by atoms with van der Waals surface area (Å²) in [6.07, 6.45) is -0.242. The molecule has 8 rings (SSSR count). The summed E-state index contributed by atoms with van der Waals surface area (Å²) in [5.41, 5.74) is 3.03. The van der Waals surface area contributed by atoms with Crippen molar-refractivity contribution < 1.29 is 35.9 Å². The highest BCUT2D eigenvalue weighted by Gasteiger charge is 2.54. The average molecular weight is 1100 g/mol. The fraction of sp³-hybridized carbons (Fsp3) is 0.481. The molecule has 8 atom stereocenters. The van der Waals surface area contributed by atoms with Gasteiger partial charge in [0.2, 0.25) is 0 Å². The Kier molecular flexibility index (Phi) is 17.2. The number of benzene rings is 4. The van der Waals surface area contributed by atoms with E-state index in [1.54, 1.807) is 99.9 Å². The van der Waals surface area contributed by atoms with E-state index in [1.165, 1.54) is 0 Å².